The van der Waals surface area contributed by atoms with Crippen molar-refractivity contribution in [1.82, 2.24) is 20.5 Å². The molecule has 1 amide bonds. The van der Waals surface area contributed by atoms with Crippen molar-refractivity contribution in [2.75, 3.05) is 27.2 Å². The van der Waals surface area contributed by atoms with E-state index in [2.05, 4.69) is 26.7 Å². The maximum absolute atomic E-state index is 12.2. The number of nitrogens with zero attached hydrogens (tertiary/aromatic N) is 3. The molecule has 0 aliphatic carbocycles. The van der Waals surface area contributed by atoms with Crippen molar-refractivity contribution in [2.24, 2.45) is 4.99 Å². The molecule has 136 valence electrons. The van der Waals surface area contributed by atoms with E-state index in [0.717, 1.165) is 12.1 Å². The second-order valence-corrected chi connectivity index (χ2v) is 6.28. The summed E-state index contributed by atoms with van der Waals surface area (Å²) in [6.45, 7) is 1.54. The summed E-state index contributed by atoms with van der Waals surface area (Å²) < 4.78 is 0. The van der Waals surface area contributed by atoms with Crippen LogP contribution in [0.4, 0.5) is 0 Å². The van der Waals surface area contributed by atoms with Gasteiger partial charge < -0.3 is 15.5 Å². The van der Waals surface area contributed by atoms with Crippen LogP contribution in [0.1, 0.15) is 10.6 Å². The third kappa shape index (κ3) is 7.82. The first-order chi connectivity index (χ1) is 11.7. The first kappa shape index (κ1) is 21.4. The normalized spacial score (nSPS) is 10.7. The van der Waals surface area contributed by atoms with Gasteiger partial charge in [-0.25, -0.2) is 0 Å². The molecule has 0 unspecified atom stereocenters. The van der Waals surface area contributed by atoms with Gasteiger partial charge in [0.2, 0.25) is 5.91 Å². The summed E-state index contributed by atoms with van der Waals surface area (Å²) >= 11 is 1.68. The molecule has 0 fully saturated rings. The minimum absolute atomic E-state index is 0. The molecule has 0 spiro atoms. The van der Waals surface area contributed by atoms with E-state index in [-0.39, 0.29) is 36.4 Å². The van der Waals surface area contributed by atoms with Crippen molar-refractivity contribution < 1.29 is 4.79 Å². The van der Waals surface area contributed by atoms with E-state index in [1.165, 1.54) is 4.88 Å². The number of aliphatic imine (C=N–C) groups is 1. The lowest BCUT2D eigenvalue weighted by molar-refractivity contribution is -0.128. The number of thiophene rings is 1. The Hall–Kier alpha value is -1.68. The molecule has 0 saturated carbocycles. The second kappa shape index (κ2) is 11.8. The van der Waals surface area contributed by atoms with E-state index in [0.29, 0.717) is 19.0 Å². The fourth-order valence-corrected chi connectivity index (χ4v) is 2.70. The van der Waals surface area contributed by atoms with Gasteiger partial charge in [0, 0.05) is 43.8 Å². The minimum Gasteiger partial charge on any atom is -0.352 e. The highest BCUT2D eigenvalue weighted by Gasteiger charge is 2.10. The number of amides is 1. The molecule has 0 bridgehead atoms. The van der Waals surface area contributed by atoms with E-state index < -0.39 is 0 Å². The van der Waals surface area contributed by atoms with Gasteiger partial charge >= 0.3 is 0 Å². The summed E-state index contributed by atoms with van der Waals surface area (Å²) in [5, 5.41) is 8.27. The molecule has 8 heteroatoms. The van der Waals surface area contributed by atoms with Gasteiger partial charge in [-0.2, -0.15) is 0 Å². The predicted octanol–water partition coefficient (Wildman–Crippen LogP) is 2.13. The zero-order valence-corrected chi connectivity index (χ0v) is 17.6. The van der Waals surface area contributed by atoms with Gasteiger partial charge in [0.25, 0.3) is 0 Å². The molecule has 2 aromatic rings. The molecule has 0 aliphatic heterocycles. The first-order valence-electron chi connectivity index (χ1n) is 7.80. The van der Waals surface area contributed by atoms with Gasteiger partial charge in [-0.05, 0) is 23.6 Å². The summed E-state index contributed by atoms with van der Waals surface area (Å²) in [6.07, 6.45) is 2.51. The molecular weight excluding hydrogens is 449 g/mol. The Bertz CT molecular complexity index is 648. The van der Waals surface area contributed by atoms with Gasteiger partial charge in [-0.15, -0.1) is 35.3 Å². The highest BCUT2D eigenvalue weighted by Crippen LogP contribution is 2.07. The van der Waals surface area contributed by atoms with Crippen LogP contribution in [0.3, 0.4) is 0 Å². The number of guanidine groups is 1. The fourth-order valence-electron chi connectivity index (χ4n) is 2.05. The quantitative estimate of drug-likeness (QED) is 0.367. The lowest BCUT2D eigenvalue weighted by atomic mass is 10.2. The molecule has 2 rings (SSSR count). The topological polar surface area (TPSA) is 69.6 Å². The Labute approximate surface area is 169 Å². The largest absolute Gasteiger partial charge is 0.352 e. The molecule has 0 saturated heterocycles. The zero-order chi connectivity index (χ0) is 17.2. The van der Waals surface area contributed by atoms with Crippen LogP contribution in [0.25, 0.3) is 0 Å². The van der Waals surface area contributed by atoms with Crippen molar-refractivity contribution >= 4 is 47.2 Å². The maximum atomic E-state index is 12.2. The monoisotopic (exact) mass is 473 g/mol. The number of nitrogens with one attached hydrogen (secondary N) is 2. The number of pyridine rings is 1. The van der Waals surface area contributed by atoms with Gasteiger partial charge in [0.1, 0.15) is 0 Å². The van der Waals surface area contributed by atoms with Gasteiger partial charge in [-0.3, -0.25) is 14.8 Å². The van der Waals surface area contributed by atoms with E-state index in [4.69, 9.17) is 0 Å². The van der Waals surface area contributed by atoms with E-state index in [1.54, 1.807) is 36.5 Å². The smallest absolute Gasteiger partial charge is 0.241 e. The minimum atomic E-state index is 0. The summed E-state index contributed by atoms with van der Waals surface area (Å²) in [4.78, 5) is 23.5. The second-order valence-electron chi connectivity index (χ2n) is 5.25. The highest BCUT2D eigenvalue weighted by atomic mass is 127. The van der Waals surface area contributed by atoms with Crippen LogP contribution in [0.2, 0.25) is 0 Å². The number of likely N-dealkylation sites (N-methyl/N-ethyl adjacent to an activating group) is 1. The Morgan fingerprint density at radius 3 is 2.76 bits per heavy atom. The first-order valence-corrected chi connectivity index (χ1v) is 8.68. The SMILES string of the molecule is CN=C(NCC(=O)N(C)CCc1ccccn1)NCc1cccs1.I. The van der Waals surface area contributed by atoms with Crippen LogP contribution in [-0.4, -0.2) is 48.9 Å². The Morgan fingerprint density at radius 2 is 2.12 bits per heavy atom. The zero-order valence-electron chi connectivity index (χ0n) is 14.4. The molecule has 0 radical (unpaired) electrons. The maximum Gasteiger partial charge on any atom is 0.241 e. The van der Waals surface area contributed by atoms with Crippen LogP contribution in [-0.2, 0) is 17.8 Å². The number of hydrogen-bond donors (Lipinski definition) is 2. The van der Waals surface area contributed by atoms with E-state index >= 15 is 0 Å². The highest BCUT2D eigenvalue weighted by molar-refractivity contribution is 14.0. The van der Waals surface area contributed by atoms with Crippen LogP contribution >= 0.6 is 35.3 Å². The van der Waals surface area contributed by atoms with Crippen molar-refractivity contribution in [3.8, 4) is 0 Å². The molecule has 6 nitrogen and oxygen atoms in total. The standard InChI is InChI=1S/C17H23N5OS.HI/c1-18-17(20-12-15-7-5-11-24-15)21-13-16(23)22(2)10-8-14-6-3-4-9-19-14;/h3-7,9,11H,8,10,12-13H2,1-2H3,(H2,18,20,21);1H. The van der Waals surface area contributed by atoms with Gasteiger partial charge in [0.15, 0.2) is 5.96 Å². The lowest BCUT2D eigenvalue weighted by Crippen LogP contribution is -2.43. The predicted molar refractivity (Wildman–Crippen MR) is 114 cm³/mol. The van der Waals surface area contributed by atoms with Crippen LogP contribution in [0.5, 0.6) is 0 Å². The van der Waals surface area contributed by atoms with Crippen LogP contribution < -0.4 is 10.6 Å². The average molecular weight is 473 g/mol. The van der Waals surface area contributed by atoms with E-state index in [1.807, 2.05) is 29.6 Å². The molecule has 0 aliphatic rings. The van der Waals surface area contributed by atoms with Crippen molar-refractivity contribution in [2.45, 2.75) is 13.0 Å². The van der Waals surface area contributed by atoms with Crippen molar-refractivity contribution in [1.29, 1.82) is 0 Å². The van der Waals surface area contributed by atoms with Gasteiger partial charge in [0.05, 0.1) is 13.1 Å². The Kier molecular flexibility index (Phi) is 10.1. The molecule has 2 aromatic heterocycles. The lowest BCUT2D eigenvalue weighted by Gasteiger charge is -2.18. The van der Waals surface area contributed by atoms with Crippen LogP contribution in [0, 0.1) is 0 Å². The molecular formula is C17H24IN5OS. The summed E-state index contributed by atoms with van der Waals surface area (Å²) in [7, 11) is 3.49. The Morgan fingerprint density at radius 1 is 1.28 bits per heavy atom. The molecule has 2 heterocycles. The molecule has 0 atom stereocenters. The molecule has 2 N–H and O–H groups in total. The Balaban J connectivity index is 0.00000312. The summed E-state index contributed by atoms with van der Waals surface area (Å²) in [5.74, 6) is 0.639. The number of aromatic nitrogens is 1. The number of carbonyl (C=O) groups is 1. The number of rotatable bonds is 7. The van der Waals surface area contributed by atoms with Gasteiger partial charge in [-0.1, -0.05) is 12.1 Å². The average Bonchev–Trinajstić information content (AvgIpc) is 3.14. The van der Waals surface area contributed by atoms with E-state index in [9.17, 15) is 4.79 Å². The molecule has 0 aromatic carbocycles. The molecule has 25 heavy (non-hydrogen) atoms. The third-order valence-electron chi connectivity index (χ3n) is 3.50. The van der Waals surface area contributed by atoms with Crippen molar-refractivity contribution in [3.63, 3.8) is 0 Å². The summed E-state index contributed by atoms with van der Waals surface area (Å²) in [6, 6.07) is 9.87. The third-order valence-corrected chi connectivity index (χ3v) is 4.37. The van der Waals surface area contributed by atoms with Crippen molar-refractivity contribution in [3.05, 3.63) is 52.5 Å². The summed E-state index contributed by atoms with van der Waals surface area (Å²) in [5.41, 5.74) is 0.985. The number of carbonyl (C=O) groups excluding carboxylic acids is 1. The number of hydrogen-bond acceptors (Lipinski definition) is 4. The fraction of sp³-hybridized carbons (Fsp3) is 0.353. The number of halogens is 1. The van der Waals surface area contributed by atoms with Crippen LogP contribution in [0.15, 0.2) is 46.9 Å².